The van der Waals surface area contributed by atoms with E-state index in [1.807, 2.05) is 0 Å². The van der Waals surface area contributed by atoms with Crippen molar-refractivity contribution < 1.29 is 9.90 Å². The summed E-state index contributed by atoms with van der Waals surface area (Å²) >= 11 is 0. The van der Waals surface area contributed by atoms with Gasteiger partial charge in [-0.15, -0.1) is 0 Å². The number of aromatic carboxylic acids is 1. The maximum Gasteiger partial charge on any atom is 0.352 e. The zero-order valence-corrected chi connectivity index (χ0v) is 9.63. The van der Waals surface area contributed by atoms with E-state index in [4.69, 9.17) is 5.11 Å². The number of hydrogen-bond acceptors (Lipinski definition) is 3. The average molecular weight is 236 g/mol. The number of nitrogens with zero attached hydrogens (tertiary/aromatic N) is 2. The van der Waals surface area contributed by atoms with Crippen LogP contribution in [0.5, 0.6) is 0 Å². The van der Waals surface area contributed by atoms with E-state index in [9.17, 15) is 9.59 Å². The fraction of sp³-hybridized carbons (Fsp3) is 0.500. The van der Waals surface area contributed by atoms with Crippen molar-refractivity contribution >= 4 is 5.97 Å². The monoisotopic (exact) mass is 236 g/mol. The second-order valence-corrected chi connectivity index (χ2v) is 4.25. The molecule has 1 aliphatic heterocycles. The molecule has 92 valence electrons. The van der Waals surface area contributed by atoms with Gasteiger partial charge in [0.1, 0.15) is 5.69 Å². The predicted molar refractivity (Wildman–Crippen MR) is 63.3 cm³/mol. The first-order valence-corrected chi connectivity index (χ1v) is 5.84. The molecule has 0 bridgehead atoms. The Balaban J connectivity index is 2.13. The second-order valence-electron chi connectivity index (χ2n) is 4.25. The zero-order valence-electron chi connectivity index (χ0n) is 9.63. The Morgan fingerprint density at radius 2 is 1.94 bits per heavy atom. The van der Waals surface area contributed by atoms with Gasteiger partial charge < -0.3 is 14.6 Å². The molecule has 0 unspecified atom stereocenters. The number of rotatable bonds is 4. The first-order chi connectivity index (χ1) is 8.18. The van der Waals surface area contributed by atoms with Crippen LogP contribution in [0, 0.1) is 0 Å². The molecule has 0 spiro atoms. The van der Waals surface area contributed by atoms with E-state index in [1.165, 1.54) is 35.6 Å². The Morgan fingerprint density at radius 3 is 2.59 bits per heavy atom. The molecule has 1 aromatic heterocycles. The maximum absolute atomic E-state index is 11.6. The molecule has 17 heavy (non-hydrogen) atoms. The van der Waals surface area contributed by atoms with Gasteiger partial charge in [-0.3, -0.25) is 4.79 Å². The SMILES string of the molecule is O=C(O)c1cccc(=O)n1CCN1CCCC1. The molecule has 0 amide bonds. The van der Waals surface area contributed by atoms with Crippen molar-refractivity contribution in [2.75, 3.05) is 19.6 Å². The number of carbonyl (C=O) groups is 1. The number of pyridine rings is 1. The van der Waals surface area contributed by atoms with Gasteiger partial charge in [0, 0.05) is 19.2 Å². The van der Waals surface area contributed by atoms with E-state index in [0.717, 1.165) is 19.6 Å². The van der Waals surface area contributed by atoms with Gasteiger partial charge in [-0.05, 0) is 32.0 Å². The molecule has 5 heteroatoms. The van der Waals surface area contributed by atoms with Gasteiger partial charge in [-0.2, -0.15) is 0 Å². The van der Waals surface area contributed by atoms with Gasteiger partial charge in [0.15, 0.2) is 0 Å². The van der Waals surface area contributed by atoms with Crippen molar-refractivity contribution in [3.8, 4) is 0 Å². The normalized spacial score (nSPS) is 16.2. The van der Waals surface area contributed by atoms with E-state index in [0.29, 0.717) is 6.54 Å². The number of hydrogen-bond donors (Lipinski definition) is 1. The summed E-state index contributed by atoms with van der Waals surface area (Å²) in [6, 6.07) is 4.35. The van der Waals surface area contributed by atoms with Crippen molar-refractivity contribution in [2.45, 2.75) is 19.4 Å². The van der Waals surface area contributed by atoms with Crippen LogP contribution in [0.2, 0.25) is 0 Å². The van der Waals surface area contributed by atoms with Crippen LogP contribution in [0.15, 0.2) is 23.0 Å². The smallest absolute Gasteiger partial charge is 0.352 e. The maximum atomic E-state index is 11.6. The number of carboxylic acid groups (broad SMARTS) is 1. The fourth-order valence-corrected chi connectivity index (χ4v) is 2.19. The highest BCUT2D eigenvalue weighted by Gasteiger charge is 2.14. The van der Waals surface area contributed by atoms with E-state index in [-0.39, 0.29) is 11.3 Å². The molecule has 1 fully saturated rings. The molecule has 1 aliphatic rings. The molecule has 0 atom stereocenters. The Hall–Kier alpha value is -1.62. The van der Waals surface area contributed by atoms with Crippen molar-refractivity contribution in [1.82, 2.24) is 9.47 Å². The third-order valence-corrected chi connectivity index (χ3v) is 3.11. The summed E-state index contributed by atoms with van der Waals surface area (Å²) in [5.41, 5.74) is -0.180. The molecule has 2 rings (SSSR count). The summed E-state index contributed by atoms with van der Waals surface area (Å²) in [5.74, 6) is -1.05. The highest BCUT2D eigenvalue weighted by atomic mass is 16.4. The first kappa shape index (κ1) is 11.9. The highest BCUT2D eigenvalue weighted by molar-refractivity contribution is 5.85. The van der Waals surface area contributed by atoms with Crippen molar-refractivity contribution in [3.63, 3.8) is 0 Å². The summed E-state index contributed by atoms with van der Waals surface area (Å²) in [7, 11) is 0. The molecule has 1 saturated heterocycles. The van der Waals surface area contributed by atoms with Crippen LogP contribution >= 0.6 is 0 Å². The minimum Gasteiger partial charge on any atom is -0.477 e. The molecule has 5 nitrogen and oxygen atoms in total. The molecule has 1 N–H and O–H groups in total. The lowest BCUT2D eigenvalue weighted by Gasteiger charge is -2.16. The lowest BCUT2D eigenvalue weighted by Crippen LogP contribution is -2.31. The summed E-state index contributed by atoms with van der Waals surface area (Å²) in [4.78, 5) is 24.9. The predicted octanol–water partition coefficient (Wildman–Crippen LogP) is 0.642. The van der Waals surface area contributed by atoms with Crippen LogP contribution in [0.1, 0.15) is 23.3 Å². The molecular weight excluding hydrogens is 220 g/mol. The van der Waals surface area contributed by atoms with Crippen molar-refractivity contribution in [1.29, 1.82) is 0 Å². The summed E-state index contributed by atoms with van der Waals surface area (Å²) < 4.78 is 1.33. The minimum atomic E-state index is -1.05. The number of carboxylic acids is 1. The lowest BCUT2D eigenvalue weighted by molar-refractivity contribution is 0.0682. The van der Waals surface area contributed by atoms with E-state index < -0.39 is 5.97 Å². The third-order valence-electron chi connectivity index (χ3n) is 3.11. The molecule has 1 aromatic rings. The van der Waals surface area contributed by atoms with Gasteiger partial charge in [-0.1, -0.05) is 6.07 Å². The van der Waals surface area contributed by atoms with Crippen LogP contribution in [-0.4, -0.2) is 40.2 Å². The molecule has 2 heterocycles. The van der Waals surface area contributed by atoms with Crippen LogP contribution in [0.4, 0.5) is 0 Å². The van der Waals surface area contributed by atoms with Gasteiger partial charge in [0.05, 0.1) is 0 Å². The van der Waals surface area contributed by atoms with Crippen molar-refractivity contribution in [2.24, 2.45) is 0 Å². The largest absolute Gasteiger partial charge is 0.477 e. The lowest BCUT2D eigenvalue weighted by atomic mass is 10.3. The minimum absolute atomic E-state index is 0.0664. The summed E-state index contributed by atoms with van der Waals surface area (Å²) in [6.07, 6.45) is 2.38. The van der Waals surface area contributed by atoms with E-state index in [1.54, 1.807) is 0 Å². The van der Waals surface area contributed by atoms with Gasteiger partial charge in [0.25, 0.3) is 5.56 Å². The molecular formula is C12H16N2O3. The Morgan fingerprint density at radius 1 is 1.24 bits per heavy atom. The zero-order chi connectivity index (χ0) is 12.3. The third kappa shape index (κ3) is 2.74. The van der Waals surface area contributed by atoms with Crippen LogP contribution in [0.25, 0.3) is 0 Å². The second kappa shape index (κ2) is 5.14. The number of likely N-dealkylation sites (tertiary alicyclic amines) is 1. The fourth-order valence-electron chi connectivity index (χ4n) is 2.19. The average Bonchev–Trinajstić information content (AvgIpc) is 2.80. The Bertz CT molecular complexity index is 461. The van der Waals surface area contributed by atoms with E-state index >= 15 is 0 Å². The van der Waals surface area contributed by atoms with Gasteiger partial charge >= 0.3 is 5.97 Å². The van der Waals surface area contributed by atoms with E-state index in [2.05, 4.69) is 4.90 Å². The van der Waals surface area contributed by atoms with Gasteiger partial charge in [0.2, 0.25) is 0 Å². The Labute approximate surface area is 99.3 Å². The quantitative estimate of drug-likeness (QED) is 0.833. The molecule has 0 aliphatic carbocycles. The molecule has 0 saturated carbocycles. The topological polar surface area (TPSA) is 62.5 Å². The number of aromatic nitrogens is 1. The van der Waals surface area contributed by atoms with Crippen LogP contribution in [-0.2, 0) is 6.54 Å². The van der Waals surface area contributed by atoms with Gasteiger partial charge in [-0.25, -0.2) is 4.79 Å². The molecule has 0 aromatic carbocycles. The Kier molecular flexibility index (Phi) is 3.58. The highest BCUT2D eigenvalue weighted by Crippen LogP contribution is 2.07. The first-order valence-electron chi connectivity index (χ1n) is 5.84. The van der Waals surface area contributed by atoms with Crippen molar-refractivity contribution in [3.05, 3.63) is 34.2 Å². The summed E-state index contributed by atoms with van der Waals surface area (Å²) in [5, 5.41) is 9.01. The standard InChI is InChI=1S/C12H16N2O3/c15-11-5-3-4-10(12(16)17)14(11)9-8-13-6-1-2-7-13/h3-5H,1-2,6-9H2,(H,16,17). The van der Waals surface area contributed by atoms with Crippen LogP contribution in [0.3, 0.4) is 0 Å². The molecule has 0 radical (unpaired) electrons. The van der Waals surface area contributed by atoms with Crippen LogP contribution < -0.4 is 5.56 Å². The summed E-state index contributed by atoms with van der Waals surface area (Å²) in [6.45, 7) is 3.28.